The number of nitrogens with two attached hydrogens (primary N) is 1. The quantitative estimate of drug-likeness (QED) is 0.0168. The minimum atomic E-state index is -5.80. The average molecular weight is 1150 g/mol. The van der Waals surface area contributed by atoms with Crippen LogP contribution in [0.5, 0.6) is 0 Å². The first-order valence-corrected chi connectivity index (χ1v) is 24.3. The number of nitrogens with one attached hydrogen (secondary N) is 5. The molecule has 360 valence electrons. The van der Waals surface area contributed by atoms with Crippen LogP contribution in [0.25, 0.3) is 6.08 Å². The SMILES string of the molecule is Nc1c(N=Nc2cc(N=c3[nH]c(Cl)nc(=NCCO)[nH]3)ccc2S(=O)(=O)[O-])c(S(=O)(=O)[O-])cc2c1C(=O)/C(=N\Nc1cc(N=c3[nH]c(Cl)nc(=NCCO)[nH]3)ccc1S(=O)(=O)[O-])C(S(=O)(=O)[O-])=C2.[Na+].[Na+].[Na+].[Na+]. The molecule has 0 bridgehead atoms. The summed E-state index contributed by atoms with van der Waals surface area (Å²) in [5.41, 5.74) is 0.337. The topological polar surface area (TPSA) is 500 Å². The summed E-state index contributed by atoms with van der Waals surface area (Å²) >= 11 is 11.9. The normalized spacial score (nSPS) is 14.5. The summed E-state index contributed by atoms with van der Waals surface area (Å²) in [6, 6.07) is 5.54. The van der Waals surface area contributed by atoms with Crippen molar-refractivity contribution in [3.8, 4) is 0 Å². The number of aromatic amines is 4. The van der Waals surface area contributed by atoms with Gasteiger partial charge in [-0.15, -0.1) is 10.2 Å². The van der Waals surface area contributed by atoms with Crippen molar-refractivity contribution in [2.45, 2.75) is 14.7 Å². The van der Waals surface area contributed by atoms with Gasteiger partial charge in [0, 0.05) is 0 Å². The van der Waals surface area contributed by atoms with Gasteiger partial charge in [0.15, 0.2) is 0 Å². The molecule has 0 unspecified atom stereocenters. The average Bonchev–Trinajstić information content (AvgIpc) is 3.22. The molecule has 0 saturated carbocycles. The Hall–Kier alpha value is -2.70. The minimum absolute atomic E-state index is 0. The number of Topliss-reactive ketones (excluding diaryl/α,β-unsaturated/α-hetero) is 1. The number of carbonyl (C=O) groups excluding carboxylic acids is 1. The molecule has 5 aromatic rings. The number of halogens is 2. The zero-order valence-corrected chi connectivity index (χ0v) is 49.9. The van der Waals surface area contributed by atoms with Crippen molar-refractivity contribution in [2.24, 2.45) is 35.3 Å². The number of azo groups is 1. The molecule has 1 aliphatic rings. The Morgan fingerprint density at radius 3 is 1.61 bits per heavy atom. The van der Waals surface area contributed by atoms with Crippen molar-refractivity contribution in [1.82, 2.24) is 29.9 Å². The Balaban J connectivity index is 0.00000444. The number of benzene rings is 3. The van der Waals surface area contributed by atoms with E-state index in [0.717, 1.165) is 36.4 Å². The van der Waals surface area contributed by atoms with E-state index < -0.39 is 105 Å². The van der Waals surface area contributed by atoms with Crippen LogP contribution in [0.2, 0.25) is 10.6 Å². The zero-order chi connectivity index (χ0) is 49.9. The Morgan fingerprint density at radius 1 is 0.653 bits per heavy atom. The van der Waals surface area contributed by atoms with Crippen LogP contribution in [-0.2, 0) is 40.5 Å². The molecule has 1 aliphatic carbocycles. The Labute approximate surface area is 503 Å². The van der Waals surface area contributed by atoms with E-state index in [1.165, 1.54) is 0 Å². The van der Waals surface area contributed by atoms with Crippen molar-refractivity contribution in [1.29, 1.82) is 0 Å². The van der Waals surface area contributed by atoms with Gasteiger partial charge in [-0.1, -0.05) is 0 Å². The first kappa shape index (κ1) is 65.4. The predicted octanol–water partition coefficient (Wildman–Crippen LogP) is -13.4. The number of nitrogens with zero attached hydrogens (tertiary/aromatic N) is 9. The van der Waals surface area contributed by atoms with E-state index in [1.807, 2.05) is 5.43 Å². The van der Waals surface area contributed by atoms with Crippen LogP contribution in [0.15, 0.2) is 97.4 Å². The van der Waals surface area contributed by atoms with Crippen LogP contribution in [0.4, 0.5) is 34.1 Å². The van der Waals surface area contributed by atoms with Gasteiger partial charge in [0.1, 0.15) is 57.6 Å². The molecule has 0 aliphatic heterocycles. The molecule has 2 heterocycles. The molecular weight excluding hydrogens is 1130 g/mol. The van der Waals surface area contributed by atoms with E-state index in [9.17, 15) is 56.7 Å². The van der Waals surface area contributed by atoms with Crippen LogP contribution < -0.4 is 152 Å². The molecule has 3 aromatic carbocycles. The largest absolute Gasteiger partial charge is 1.00 e. The molecule has 0 atom stereocenters. The van der Waals surface area contributed by atoms with Crippen molar-refractivity contribution in [3.05, 3.63) is 91.5 Å². The van der Waals surface area contributed by atoms with Crippen LogP contribution in [0.3, 0.4) is 0 Å². The fourth-order valence-corrected chi connectivity index (χ4v) is 8.51. The maximum absolute atomic E-state index is 14.1. The Morgan fingerprint density at radius 2 is 1.14 bits per heavy atom. The smallest absolute Gasteiger partial charge is 0.744 e. The molecule has 0 spiro atoms. The molecule has 0 fully saturated rings. The second-order valence-electron chi connectivity index (χ2n) is 12.9. The van der Waals surface area contributed by atoms with Crippen LogP contribution >= 0.6 is 23.2 Å². The number of aliphatic hydroxyl groups is 2. The maximum atomic E-state index is 14.1. The molecular formula is C32H25Cl2N15Na4O15S4. The third-order valence-electron chi connectivity index (χ3n) is 8.34. The van der Waals surface area contributed by atoms with E-state index in [2.05, 4.69) is 65.2 Å². The number of hydrogen-bond donors (Lipinski definition) is 8. The first-order chi connectivity index (χ1) is 31.8. The van der Waals surface area contributed by atoms with E-state index in [4.69, 9.17) is 39.1 Å². The van der Waals surface area contributed by atoms with Crippen molar-refractivity contribution < 1.29 is 185 Å². The van der Waals surface area contributed by atoms with Gasteiger partial charge in [-0.3, -0.25) is 20.2 Å². The molecule has 6 rings (SSSR count). The second kappa shape index (κ2) is 26.9. The summed E-state index contributed by atoms with van der Waals surface area (Å²) in [4.78, 5) is 43.1. The minimum Gasteiger partial charge on any atom is -0.744 e. The van der Waals surface area contributed by atoms with Crippen molar-refractivity contribution in [2.75, 3.05) is 37.5 Å². The Bertz CT molecular complexity index is 3800. The molecule has 0 radical (unpaired) electrons. The van der Waals surface area contributed by atoms with Crippen LogP contribution in [0.1, 0.15) is 15.9 Å². The molecule has 9 N–H and O–H groups in total. The van der Waals surface area contributed by atoms with E-state index in [0.29, 0.717) is 12.1 Å². The second-order valence-corrected chi connectivity index (χ2v) is 19.1. The Kier molecular flexibility index (Phi) is 24.4. The van der Waals surface area contributed by atoms with Gasteiger partial charge in [-0.25, -0.2) is 53.6 Å². The number of anilines is 2. The third-order valence-corrected chi connectivity index (χ3v) is 12.2. The number of ketones is 1. The molecule has 72 heavy (non-hydrogen) atoms. The molecule has 0 amide bonds. The van der Waals surface area contributed by atoms with Gasteiger partial charge in [0.25, 0.3) is 0 Å². The van der Waals surface area contributed by atoms with Gasteiger partial charge in [-0.2, -0.15) is 15.1 Å². The number of allylic oxidation sites excluding steroid dienone is 1. The van der Waals surface area contributed by atoms with E-state index in [-0.39, 0.29) is 189 Å². The number of hydrazone groups is 1. The van der Waals surface area contributed by atoms with Crippen molar-refractivity contribution >= 4 is 115 Å². The summed E-state index contributed by atoms with van der Waals surface area (Å²) in [7, 11) is -22.4. The number of fused-ring (bicyclic) bond motifs is 1. The van der Waals surface area contributed by atoms with Gasteiger partial charge < -0.3 is 44.1 Å². The summed E-state index contributed by atoms with van der Waals surface area (Å²) in [6.45, 7) is -0.911. The summed E-state index contributed by atoms with van der Waals surface area (Å²) in [5, 5.41) is 28.5. The fraction of sp³-hybridized carbons (Fsp3) is 0.125. The third kappa shape index (κ3) is 16.6. The van der Waals surface area contributed by atoms with Gasteiger partial charge >= 0.3 is 118 Å². The van der Waals surface area contributed by atoms with Crippen LogP contribution in [-0.4, -0.2) is 130 Å². The van der Waals surface area contributed by atoms with E-state index in [1.54, 1.807) is 0 Å². The zero-order valence-electron chi connectivity index (χ0n) is 37.1. The van der Waals surface area contributed by atoms with Crippen molar-refractivity contribution in [3.63, 3.8) is 0 Å². The summed E-state index contributed by atoms with van der Waals surface area (Å²) in [5.74, 6) is -1.62. The standard InChI is InChI=1S/C32H29Cl2N15O15S4.4Na/c33-27-40-29(36-5-7-50)44-31(42-27)38-14-1-3-18(65(53,54)55)16(11-14)46-48-24-20(67(59,60)61)9-13-10-21(68(62,63)64)25(26(52)22(13)23(24)35)49-47-17-12-15(2-4-19(17)66(56,57)58)39-32-43-28(34)41-30(45-32)37-6-8-51;;;;/h1-4,9-12,47,50-51H,5-8,35H2,(H,53,54,55)(H,56,57,58)(H,59,60,61)(H,62,63,64)(H2,36,38,40,42,44)(H2,37,39,41,43,45);;;;/q;4*+1/p-4/b48-46?,49-25-;;;;. The monoisotopic (exact) mass is 1150 g/mol. The number of H-pyrrole nitrogens is 4. The predicted molar refractivity (Wildman–Crippen MR) is 226 cm³/mol. The number of carbonyl (C=O) groups is 1. The molecule has 30 nitrogen and oxygen atoms in total. The molecule has 40 heteroatoms. The van der Waals surface area contributed by atoms with Crippen LogP contribution in [0, 0.1) is 0 Å². The summed E-state index contributed by atoms with van der Waals surface area (Å²) < 4.78 is 149. The number of aliphatic hydroxyl groups excluding tert-OH is 2. The molecule has 0 saturated heterocycles. The van der Waals surface area contributed by atoms with Gasteiger partial charge in [0.2, 0.25) is 38.8 Å². The number of hydrogen-bond acceptors (Lipinski definition) is 26. The number of nitrogen functional groups attached to an aromatic ring is 1. The fourth-order valence-electron chi connectivity index (χ4n) is 5.66. The molecule has 2 aromatic heterocycles. The van der Waals surface area contributed by atoms with E-state index >= 15 is 0 Å². The number of rotatable bonds is 14. The summed E-state index contributed by atoms with van der Waals surface area (Å²) in [6.07, 6.45) is 0.385. The first-order valence-electron chi connectivity index (χ1n) is 17.9. The van der Waals surface area contributed by atoms with Gasteiger partial charge in [-0.05, 0) is 77.3 Å². The van der Waals surface area contributed by atoms with Gasteiger partial charge in [0.05, 0.1) is 74.2 Å². The maximum Gasteiger partial charge on any atom is 1.00 e. The number of aromatic nitrogens is 6.